The van der Waals surface area contributed by atoms with Crippen molar-refractivity contribution in [2.24, 2.45) is 5.73 Å². The van der Waals surface area contributed by atoms with Gasteiger partial charge in [-0.1, -0.05) is 6.92 Å². The Labute approximate surface area is 111 Å². The summed E-state index contributed by atoms with van der Waals surface area (Å²) in [5.41, 5.74) is 4.81. The fourth-order valence-electron chi connectivity index (χ4n) is 1.76. The van der Waals surface area contributed by atoms with E-state index in [4.69, 9.17) is 15.2 Å². The van der Waals surface area contributed by atoms with Crippen molar-refractivity contribution in [2.75, 3.05) is 26.3 Å². The molecule has 1 aliphatic heterocycles. The molecule has 0 bridgehead atoms. The van der Waals surface area contributed by atoms with E-state index in [0.29, 0.717) is 19.7 Å². The highest BCUT2D eigenvalue weighted by molar-refractivity contribution is 5.96. The highest BCUT2D eigenvalue weighted by Gasteiger charge is 2.32. The molecule has 108 valence electrons. The van der Waals surface area contributed by atoms with Gasteiger partial charge in [0.25, 0.3) is 5.91 Å². The molecular weight excluding hydrogens is 254 g/mol. The lowest BCUT2D eigenvalue weighted by Gasteiger charge is -2.33. The number of hydrogen-bond acceptors (Lipinski definition) is 6. The van der Waals surface area contributed by atoms with Gasteiger partial charge in [-0.2, -0.15) is 0 Å². The molecular formula is C11H19N3O5. The number of imide groups is 1. The zero-order chi connectivity index (χ0) is 14.4. The highest BCUT2D eigenvalue weighted by atomic mass is 16.6. The van der Waals surface area contributed by atoms with Crippen LogP contribution in [0.5, 0.6) is 0 Å². The van der Waals surface area contributed by atoms with Gasteiger partial charge in [0.15, 0.2) is 6.10 Å². The Morgan fingerprint density at radius 1 is 1.53 bits per heavy atom. The second-order valence-corrected chi connectivity index (χ2v) is 4.15. The van der Waals surface area contributed by atoms with E-state index in [2.05, 4.69) is 0 Å². The van der Waals surface area contributed by atoms with E-state index in [1.165, 1.54) is 6.92 Å². The molecule has 3 N–H and O–H groups in total. The minimum atomic E-state index is -1.08. The first-order valence-corrected chi connectivity index (χ1v) is 6.08. The van der Waals surface area contributed by atoms with Crippen molar-refractivity contribution < 1.29 is 23.9 Å². The molecule has 0 aromatic carbocycles. The molecule has 1 heterocycles. The van der Waals surface area contributed by atoms with Gasteiger partial charge in [0, 0.05) is 6.54 Å². The van der Waals surface area contributed by atoms with Crippen LogP contribution in [0.2, 0.25) is 0 Å². The Kier molecular flexibility index (Phi) is 5.71. The summed E-state index contributed by atoms with van der Waals surface area (Å²) in [6.45, 7) is 5.42. The van der Waals surface area contributed by atoms with E-state index in [1.807, 2.05) is 17.1 Å². The van der Waals surface area contributed by atoms with Gasteiger partial charge in [-0.3, -0.25) is 19.8 Å². The molecule has 0 aromatic rings. The van der Waals surface area contributed by atoms with Gasteiger partial charge in [0.2, 0.25) is 0 Å². The molecule has 1 saturated heterocycles. The Morgan fingerprint density at radius 3 is 2.79 bits per heavy atom. The van der Waals surface area contributed by atoms with Crippen LogP contribution in [0.4, 0.5) is 4.79 Å². The van der Waals surface area contributed by atoms with Crippen molar-refractivity contribution in [3.05, 3.63) is 0 Å². The molecule has 2 atom stereocenters. The molecule has 0 spiro atoms. The summed E-state index contributed by atoms with van der Waals surface area (Å²) in [4.78, 5) is 35.7. The summed E-state index contributed by atoms with van der Waals surface area (Å²) in [6.07, 6.45) is -1.08. The van der Waals surface area contributed by atoms with Crippen LogP contribution in [0.3, 0.4) is 0 Å². The van der Waals surface area contributed by atoms with Crippen LogP contribution < -0.4 is 11.1 Å². The van der Waals surface area contributed by atoms with Crippen molar-refractivity contribution in [3.8, 4) is 0 Å². The number of esters is 1. The summed E-state index contributed by atoms with van der Waals surface area (Å²) in [7, 11) is 0. The summed E-state index contributed by atoms with van der Waals surface area (Å²) in [5.74, 6) is -1.30. The third-order valence-electron chi connectivity index (χ3n) is 2.83. The summed E-state index contributed by atoms with van der Waals surface area (Å²) >= 11 is 0. The zero-order valence-electron chi connectivity index (χ0n) is 11.0. The van der Waals surface area contributed by atoms with Crippen LogP contribution >= 0.6 is 0 Å². The Hall–Kier alpha value is -1.67. The normalized spacial score (nSPS) is 21.5. The van der Waals surface area contributed by atoms with Gasteiger partial charge in [0.1, 0.15) is 6.04 Å². The Balaban J connectivity index is 2.53. The quantitative estimate of drug-likeness (QED) is 0.625. The molecule has 1 fully saturated rings. The summed E-state index contributed by atoms with van der Waals surface area (Å²) < 4.78 is 10.2. The number of nitrogens with zero attached hydrogens (tertiary/aromatic N) is 1. The number of morpholine rings is 1. The van der Waals surface area contributed by atoms with Crippen LogP contribution in [-0.4, -0.2) is 61.3 Å². The monoisotopic (exact) mass is 273 g/mol. The first kappa shape index (κ1) is 15.4. The predicted molar refractivity (Wildman–Crippen MR) is 65.1 cm³/mol. The average molecular weight is 273 g/mol. The van der Waals surface area contributed by atoms with Crippen molar-refractivity contribution in [2.45, 2.75) is 26.0 Å². The zero-order valence-corrected chi connectivity index (χ0v) is 11.0. The van der Waals surface area contributed by atoms with Gasteiger partial charge in [-0.05, 0) is 13.5 Å². The molecule has 1 aliphatic rings. The van der Waals surface area contributed by atoms with Crippen molar-refractivity contribution in [1.29, 1.82) is 0 Å². The van der Waals surface area contributed by atoms with Crippen molar-refractivity contribution in [1.82, 2.24) is 10.2 Å². The van der Waals surface area contributed by atoms with Crippen molar-refractivity contribution >= 4 is 17.9 Å². The van der Waals surface area contributed by atoms with Gasteiger partial charge in [-0.25, -0.2) is 4.79 Å². The Morgan fingerprint density at radius 2 is 2.21 bits per heavy atom. The number of nitrogens with one attached hydrogen (secondary N) is 1. The number of ether oxygens (including phenoxy) is 2. The van der Waals surface area contributed by atoms with Crippen LogP contribution in [-0.2, 0) is 19.1 Å². The van der Waals surface area contributed by atoms with Crippen LogP contribution in [0.15, 0.2) is 0 Å². The minimum Gasteiger partial charge on any atom is -0.451 e. The summed E-state index contributed by atoms with van der Waals surface area (Å²) in [6, 6.07) is -1.51. The van der Waals surface area contributed by atoms with E-state index in [9.17, 15) is 14.4 Å². The minimum absolute atomic E-state index is 0.233. The molecule has 0 radical (unpaired) electrons. The van der Waals surface area contributed by atoms with E-state index < -0.39 is 30.1 Å². The molecule has 0 saturated carbocycles. The number of hydrogen-bond donors (Lipinski definition) is 2. The molecule has 8 nitrogen and oxygen atoms in total. The van der Waals surface area contributed by atoms with Gasteiger partial charge in [-0.15, -0.1) is 0 Å². The van der Waals surface area contributed by atoms with Gasteiger partial charge in [0.05, 0.1) is 13.2 Å². The average Bonchev–Trinajstić information content (AvgIpc) is 2.37. The van der Waals surface area contributed by atoms with Crippen LogP contribution in [0, 0.1) is 0 Å². The maximum Gasteiger partial charge on any atom is 0.326 e. The molecule has 19 heavy (non-hydrogen) atoms. The molecule has 8 heteroatoms. The summed E-state index contributed by atoms with van der Waals surface area (Å²) in [5, 5.41) is 1.85. The standard InChI is InChI=1S/C11H19N3O5/c1-3-14-4-5-18-6-8(14)10(16)19-7(2)9(15)13-11(12)17/h7-8H,3-6H2,1-2H3,(H3,12,13,15,17). The number of carbonyl (C=O) groups is 3. The van der Waals surface area contributed by atoms with Crippen LogP contribution in [0.1, 0.15) is 13.8 Å². The number of carbonyl (C=O) groups excluding carboxylic acids is 3. The molecule has 3 amide bonds. The number of amides is 3. The first-order chi connectivity index (χ1) is 8.95. The van der Waals surface area contributed by atoms with Crippen molar-refractivity contribution in [3.63, 3.8) is 0 Å². The van der Waals surface area contributed by atoms with Gasteiger partial charge >= 0.3 is 12.0 Å². The fraction of sp³-hybridized carbons (Fsp3) is 0.727. The van der Waals surface area contributed by atoms with E-state index in [1.54, 1.807) is 0 Å². The maximum atomic E-state index is 11.9. The number of nitrogens with two attached hydrogens (primary N) is 1. The highest BCUT2D eigenvalue weighted by Crippen LogP contribution is 2.09. The number of likely N-dealkylation sites (N-methyl/N-ethyl adjacent to an activating group) is 1. The van der Waals surface area contributed by atoms with E-state index >= 15 is 0 Å². The van der Waals surface area contributed by atoms with Crippen LogP contribution in [0.25, 0.3) is 0 Å². The second-order valence-electron chi connectivity index (χ2n) is 4.15. The predicted octanol–water partition coefficient (Wildman–Crippen LogP) is -1.17. The van der Waals surface area contributed by atoms with Gasteiger partial charge < -0.3 is 15.2 Å². The molecule has 0 aromatic heterocycles. The molecule has 0 aliphatic carbocycles. The number of urea groups is 1. The number of rotatable bonds is 4. The molecule has 2 unspecified atom stereocenters. The lowest BCUT2D eigenvalue weighted by atomic mass is 10.2. The number of primary amides is 1. The van der Waals surface area contributed by atoms with E-state index in [0.717, 1.165) is 0 Å². The molecule has 1 rings (SSSR count). The smallest absolute Gasteiger partial charge is 0.326 e. The van der Waals surface area contributed by atoms with E-state index in [-0.39, 0.29) is 6.61 Å². The first-order valence-electron chi connectivity index (χ1n) is 6.08. The second kappa shape index (κ2) is 7.05. The largest absolute Gasteiger partial charge is 0.451 e. The maximum absolute atomic E-state index is 11.9. The lowest BCUT2D eigenvalue weighted by Crippen LogP contribution is -2.52. The lowest BCUT2D eigenvalue weighted by molar-refractivity contribution is -0.164. The SMILES string of the molecule is CCN1CCOCC1C(=O)OC(C)C(=O)NC(N)=O. The topological polar surface area (TPSA) is 111 Å². The third-order valence-corrected chi connectivity index (χ3v) is 2.83. The Bertz CT molecular complexity index is 360. The third kappa shape index (κ3) is 4.49. The fourth-order valence-corrected chi connectivity index (χ4v) is 1.76.